The summed E-state index contributed by atoms with van der Waals surface area (Å²) in [6.45, 7) is 1.55. The summed E-state index contributed by atoms with van der Waals surface area (Å²) in [5.74, 6) is -0.368. The quantitative estimate of drug-likeness (QED) is 0.550. The van der Waals surface area contributed by atoms with Crippen molar-refractivity contribution >= 4 is 5.97 Å². The lowest BCUT2D eigenvalue weighted by atomic mass is 10.1. The van der Waals surface area contributed by atoms with Crippen LogP contribution in [0.2, 0.25) is 0 Å². The van der Waals surface area contributed by atoms with Crippen LogP contribution in [0, 0.1) is 5.92 Å². The maximum absolute atomic E-state index is 10.2. The topological polar surface area (TPSA) is 69.6 Å². The summed E-state index contributed by atoms with van der Waals surface area (Å²) >= 11 is 0. The van der Waals surface area contributed by atoms with Crippen LogP contribution in [0.4, 0.5) is 0 Å². The van der Waals surface area contributed by atoms with Crippen LogP contribution in [0.5, 0.6) is 0 Å². The minimum absolute atomic E-state index is 0.151. The van der Waals surface area contributed by atoms with Crippen molar-refractivity contribution < 1.29 is 15.0 Å². The lowest BCUT2D eigenvalue weighted by Gasteiger charge is -2.14. The second-order valence-corrected chi connectivity index (χ2v) is 3.96. The SMILES string of the molecule is O=C(O)CCCNCC1CCCC1O. The van der Waals surface area contributed by atoms with Crippen LogP contribution in [0.15, 0.2) is 0 Å². The van der Waals surface area contributed by atoms with Crippen LogP contribution >= 0.6 is 0 Å². The van der Waals surface area contributed by atoms with E-state index in [4.69, 9.17) is 5.11 Å². The second-order valence-electron chi connectivity index (χ2n) is 3.96. The largest absolute Gasteiger partial charge is 0.481 e. The Balaban J connectivity index is 1.95. The fraction of sp³-hybridized carbons (Fsp3) is 0.900. The fourth-order valence-electron chi connectivity index (χ4n) is 1.91. The zero-order chi connectivity index (χ0) is 10.4. The molecule has 1 saturated carbocycles. The van der Waals surface area contributed by atoms with Crippen LogP contribution in [0.25, 0.3) is 0 Å². The highest BCUT2D eigenvalue weighted by Crippen LogP contribution is 2.24. The molecule has 0 spiro atoms. The van der Waals surface area contributed by atoms with Gasteiger partial charge in [0.2, 0.25) is 0 Å². The predicted octanol–water partition coefficient (Wildman–Crippen LogP) is 0.602. The summed E-state index contributed by atoms with van der Waals surface area (Å²) in [4.78, 5) is 10.2. The lowest BCUT2D eigenvalue weighted by molar-refractivity contribution is -0.137. The van der Waals surface area contributed by atoms with Gasteiger partial charge < -0.3 is 15.5 Å². The van der Waals surface area contributed by atoms with E-state index in [-0.39, 0.29) is 12.5 Å². The van der Waals surface area contributed by atoms with Crippen LogP contribution in [0.3, 0.4) is 0 Å². The van der Waals surface area contributed by atoms with E-state index in [1.54, 1.807) is 0 Å². The first kappa shape index (κ1) is 11.5. The van der Waals surface area contributed by atoms with Crippen LogP contribution < -0.4 is 5.32 Å². The first-order valence-electron chi connectivity index (χ1n) is 5.30. The van der Waals surface area contributed by atoms with Gasteiger partial charge in [-0.25, -0.2) is 0 Å². The van der Waals surface area contributed by atoms with E-state index < -0.39 is 5.97 Å². The van der Waals surface area contributed by atoms with Gasteiger partial charge in [0.15, 0.2) is 0 Å². The Morgan fingerprint density at radius 1 is 1.43 bits per heavy atom. The van der Waals surface area contributed by atoms with Crippen molar-refractivity contribution in [2.45, 2.75) is 38.2 Å². The highest BCUT2D eigenvalue weighted by Gasteiger charge is 2.24. The average molecular weight is 201 g/mol. The van der Waals surface area contributed by atoms with Crippen LogP contribution in [0.1, 0.15) is 32.1 Å². The van der Waals surface area contributed by atoms with Gasteiger partial charge in [-0.2, -0.15) is 0 Å². The van der Waals surface area contributed by atoms with Crippen molar-refractivity contribution in [2.75, 3.05) is 13.1 Å². The van der Waals surface area contributed by atoms with Crippen LogP contribution in [-0.2, 0) is 4.79 Å². The molecule has 0 aromatic rings. The Labute approximate surface area is 84.3 Å². The van der Waals surface area contributed by atoms with E-state index in [0.29, 0.717) is 12.3 Å². The molecular weight excluding hydrogens is 182 g/mol. The number of carboxylic acids is 1. The summed E-state index contributed by atoms with van der Waals surface area (Å²) in [5, 5.41) is 21.1. The van der Waals surface area contributed by atoms with Crippen LogP contribution in [-0.4, -0.2) is 35.4 Å². The summed E-state index contributed by atoms with van der Waals surface area (Å²) in [7, 11) is 0. The van der Waals surface area contributed by atoms with E-state index in [1.807, 2.05) is 0 Å². The molecule has 0 amide bonds. The third-order valence-electron chi connectivity index (χ3n) is 2.77. The number of nitrogens with one attached hydrogen (secondary N) is 1. The summed E-state index contributed by atoms with van der Waals surface area (Å²) in [5.41, 5.74) is 0. The first-order chi connectivity index (χ1) is 6.70. The number of carbonyl (C=O) groups is 1. The van der Waals surface area contributed by atoms with E-state index in [1.165, 1.54) is 0 Å². The molecule has 0 saturated heterocycles. The second kappa shape index (κ2) is 5.98. The van der Waals surface area contributed by atoms with Gasteiger partial charge in [-0.1, -0.05) is 6.42 Å². The van der Waals surface area contributed by atoms with Gasteiger partial charge >= 0.3 is 5.97 Å². The molecular formula is C10H19NO3. The van der Waals surface area contributed by atoms with Gasteiger partial charge in [0.1, 0.15) is 0 Å². The molecule has 0 radical (unpaired) electrons. The molecule has 0 bridgehead atoms. The van der Waals surface area contributed by atoms with Gasteiger partial charge in [-0.15, -0.1) is 0 Å². The van der Waals surface area contributed by atoms with Gasteiger partial charge in [-0.3, -0.25) is 4.79 Å². The number of aliphatic carboxylic acids is 1. The Bertz CT molecular complexity index is 184. The molecule has 1 fully saturated rings. The molecule has 2 atom stereocenters. The van der Waals surface area contributed by atoms with E-state index in [9.17, 15) is 9.90 Å². The molecule has 82 valence electrons. The van der Waals surface area contributed by atoms with Crippen molar-refractivity contribution in [1.82, 2.24) is 5.32 Å². The number of hydrogen-bond donors (Lipinski definition) is 3. The molecule has 4 nitrogen and oxygen atoms in total. The van der Waals surface area contributed by atoms with Crippen molar-refractivity contribution in [2.24, 2.45) is 5.92 Å². The van der Waals surface area contributed by atoms with Gasteiger partial charge in [0, 0.05) is 13.0 Å². The lowest BCUT2D eigenvalue weighted by Crippen LogP contribution is -2.28. The minimum atomic E-state index is -0.743. The van der Waals surface area contributed by atoms with Gasteiger partial charge in [0.25, 0.3) is 0 Å². The number of rotatable bonds is 6. The van der Waals surface area contributed by atoms with E-state index in [2.05, 4.69) is 5.32 Å². The molecule has 2 unspecified atom stereocenters. The van der Waals surface area contributed by atoms with Crippen molar-refractivity contribution in [3.8, 4) is 0 Å². The van der Waals surface area contributed by atoms with Crippen molar-refractivity contribution in [3.05, 3.63) is 0 Å². The Morgan fingerprint density at radius 2 is 2.21 bits per heavy atom. The molecule has 0 aliphatic heterocycles. The molecule has 1 rings (SSSR count). The normalized spacial score (nSPS) is 26.6. The molecule has 14 heavy (non-hydrogen) atoms. The van der Waals surface area contributed by atoms with Crippen molar-refractivity contribution in [3.63, 3.8) is 0 Å². The van der Waals surface area contributed by atoms with E-state index >= 15 is 0 Å². The summed E-state index contributed by atoms with van der Waals surface area (Å²) < 4.78 is 0. The standard InChI is InChI=1S/C10H19NO3/c12-9-4-1-3-8(9)7-11-6-2-5-10(13)14/h8-9,11-12H,1-7H2,(H,13,14). The first-order valence-corrected chi connectivity index (χ1v) is 5.30. The summed E-state index contributed by atoms with van der Waals surface area (Å²) in [6, 6.07) is 0. The molecule has 3 N–H and O–H groups in total. The van der Waals surface area contributed by atoms with E-state index in [0.717, 1.165) is 32.4 Å². The maximum Gasteiger partial charge on any atom is 0.303 e. The van der Waals surface area contributed by atoms with Gasteiger partial charge in [0.05, 0.1) is 6.10 Å². The Morgan fingerprint density at radius 3 is 2.79 bits per heavy atom. The maximum atomic E-state index is 10.2. The molecule has 0 aromatic carbocycles. The zero-order valence-corrected chi connectivity index (χ0v) is 8.41. The zero-order valence-electron chi connectivity index (χ0n) is 8.41. The highest BCUT2D eigenvalue weighted by molar-refractivity contribution is 5.66. The third-order valence-corrected chi connectivity index (χ3v) is 2.77. The smallest absolute Gasteiger partial charge is 0.303 e. The molecule has 1 aliphatic rings. The molecule has 4 heteroatoms. The number of carboxylic acid groups (broad SMARTS) is 1. The Hall–Kier alpha value is -0.610. The molecule has 0 aromatic heterocycles. The van der Waals surface area contributed by atoms with Gasteiger partial charge in [-0.05, 0) is 31.7 Å². The Kier molecular flexibility index (Phi) is 4.90. The summed E-state index contributed by atoms with van der Waals surface area (Å²) in [6.07, 6.45) is 3.86. The predicted molar refractivity (Wildman–Crippen MR) is 53.1 cm³/mol. The number of hydrogen-bond acceptors (Lipinski definition) is 3. The highest BCUT2D eigenvalue weighted by atomic mass is 16.4. The minimum Gasteiger partial charge on any atom is -0.481 e. The number of aliphatic hydroxyl groups is 1. The molecule has 1 aliphatic carbocycles. The fourth-order valence-corrected chi connectivity index (χ4v) is 1.91. The van der Waals surface area contributed by atoms with Crippen molar-refractivity contribution in [1.29, 1.82) is 0 Å². The molecule has 0 heterocycles. The monoisotopic (exact) mass is 201 g/mol. The number of aliphatic hydroxyl groups excluding tert-OH is 1. The third kappa shape index (κ3) is 4.07. The average Bonchev–Trinajstić information content (AvgIpc) is 2.51.